The van der Waals surface area contributed by atoms with E-state index >= 15 is 0 Å². The minimum absolute atomic E-state index is 0.131. The Kier molecular flexibility index (Phi) is 4.16. The topological polar surface area (TPSA) is 43.4 Å². The highest BCUT2D eigenvalue weighted by atomic mass is 19.3. The first-order valence-electron chi connectivity index (χ1n) is 7.60. The predicted octanol–water partition coefficient (Wildman–Crippen LogP) is 3.31. The van der Waals surface area contributed by atoms with Gasteiger partial charge in [0.05, 0.1) is 0 Å². The fourth-order valence-corrected chi connectivity index (χ4v) is 3.61. The van der Waals surface area contributed by atoms with E-state index in [1.54, 1.807) is 13.0 Å². The van der Waals surface area contributed by atoms with Gasteiger partial charge in [-0.05, 0) is 38.3 Å². The summed E-state index contributed by atoms with van der Waals surface area (Å²) in [5, 5.41) is 0. The number of Topliss-reactive ketones (excluding diaryl/α,β-unsaturated/α-hetero) is 2. The Bertz CT molecular complexity index is 693. The van der Waals surface area contributed by atoms with Crippen LogP contribution in [-0.2, 0) is 9.59 Å². The summed E-state index contributed by atoms with van der Waals surface area (Å²) in [6, 6.07) is 4.51. The van der Waals surface area contributed by atoms with Gasteiger partial charge in [0.1, 0.15) is 11.7 Å². The molecule has 2 atom stereocenters. The summed E-state index contributed by atoms with van der Waals surface area (Å²) in [7, 11) is 0. The fraction of sp³-hybridized carbons (Fsp3) is 0.444. The van der Waals surface area contributed by atoms with Crippen LogP contribution in [-0.4, -0.2) is 18.2 Å². The first kappa shape index (κ1) is 15.7. The quantitative estimate of drug-likeness (QED) is 0.634. The summed E-state index contributed by atoms with van der Waals surface area (Å²) in [5.74, 6) is 3.70. The maximum Gasteiger partial charge on any atom is 0.387 e. The largest absolute Gasteiger partial charge is 0.434 e. The SMILES string of the molecule is CC#Cc1ccc(C2C(=O)C3CCC(C3)C2=O)c(OC(F)F)c1. The number of rotatable bonds is 3. The van der Waals surface area contributed by atoms with E-state index in [2.05, 4.69) is 16.6 Å². The minimum Gasteiger partial charge on any atom is -0.434 e. The van der Waals surface area contributed by atoms with Crippen LogP contribution >= 0.6 is 0 Å². The molecular formula is C18H16F2O3. The molecule has 0 aliphatic heterocycles. The average molecular weight is 318 g/mol. The van der Waals surface area contributed by atoms with Crippen LogP contribution in [0.3, 0.4) is 0 Å². The van der Waals surface area contributed by atoms with Crippen molar-refractivity contribution in [2.75, 3.05) is 0 Å². The van der Waals surface area contributed by atoms with E-state index in [9.17, 15) is 18.4 Å². The van der Waals surface area contributed by atoms with Gasteiger partial charge in [-0.2, -0.15) is 8.78 Å². The van der Waals surface area contributed by atoms with Crippen molar-refractivity contribution in [3.05, 3.63) is 29.3 Å². The molecule has 0 saturated heterocycles. The number of hydrogen-bond donors (Lipinski definition) is 0. The smallest absolute Gasteiger partial charge is 0.387 e. The number of ketones is 2. The maximum atomic E-state index is 12.7. The number of fused-ring (bicyclic) bond motifs is 2. The van der Waals surface area contributed by atoms with Crippen LogP contribution in [0.2, 0.25) is 0 Å². The van der Waals surface area contributed by atoms with Crippen LogP contribution in [0.4, 0.5) is 8.78 Å². The van der Waals surface area contributed by atoms with Crippen molar-refractivity contribution in [1.82, 2.24) is 0 Å². The van der Waals surface area contributed by atoms with Gasteiger partial charge in [-0.1, -0.05) is 12.0 Å². The molecule has 3 nitrogen and oxygen atoms in total. The van der Waals surface area contributed by atoms with Crippen LogP contribution < -0.4 is 4.74 Å². The van der Waals surface area contributed by atoms with Crippen molar-refractivity contribution >= 4 is 11.6 Å². The summed E-state index contributed by atoms with van der Waals surface area (Å²) >= 11 is 0. The Labute approximate surface area is 133 Å². The maximum absolute atomic E-state index is 12.7. The second-order valence-corrected chi connectivity index (χ2v) is 5.95. The van der Waals surface area contributed by atoms with E-state index in [1.165, 1.54) is 12.1 Å². The highest BCUT2D eigenvalue weighted by molar-refractivity contribution is 6.12. The molecule has 5 heteroatoms. The molecule has 0 spiro atoms. The number of halogens is 2. The molecule has 0 amide bonds. The molecule has 0 N–H and O–H groups in total. The van der Waals surface area contributed by atoms with E-state index in [1.807, 2.05) is 0 Å². The number of hydrogen-bond acceptors (Lipinski definition) is 3. The normalized spacial score (nSPS) is 26.2. The zero-order valence-corrected chi connectivity index (χ0v) is 12.6. The lowest BCUT2D eigenvalue weighted by Crippen LogP contribution is -2.35. The predicted molar refractivity (Wildman–Crippen MR) is 79.2 cm³/mol. The molecule has 1 aromatic rings. The third-order valence-electron chi connectivity index (χ3n) is 4.62. The van der Waals surface area contributed by atoms with Gasteiger partial charge in [0, 0.05) is 23.0 Å². The highest BCUT2D eigenvalue weighted by Crippen LogP contribution is 2.45. The Hall–Kier alpha value is -2.22. The van der Waals surface area contributed by atoms with Gasteiger partial charge in [0.2, 0.25) is 0 Å². The lowest BCUT2D eigenvalue weighted by atomic mass is 9.75. The standard InChI is InChI=1S/C18H16F2O3/c1-2-3-10-4-7-13(14(8-10)23-18(19)20)15-16(21)11-5-6-12(9-11)17(15)22/h4,7-8,11-12,15,18H,5-6,9H2,1H3. The third-order valence-corrected chi connectivity index (χ3v) is 4.62. The summed E-state index contributed by atoms with van der Waals surface area (Å²) in [6.07, 6.45) is 2.00. The Morgan fingerprint density at radius 1 is 1.17 bits per heavy atom. The molecule has 120 valence electrons. The van der Waals surface area contributed by atoms with E-state index in [4.69, 9.17) is 0 Å². The summed E-state index contributed by atoms with van der Waals surface area (Å²) in [6.45, 7) is -1.39. The molecule has 2 unspecified atom stereocenters. The number of carbonyl (C=O) groups excluding carboxylic acids is 2. The van der Waals surface area contributed by atoms with Gasteiger partial charge in [-0.25, -0.2) is 0 Å². The number of ether oxygens (including phenoxy) is 1. The van der Waals surface area contributed by atoms with Crippen LogP contribution in [0.15, 0.2) is 18.2 Å². The van der Waals surface area contributed by atoms with Gasteiger partial charge in [-0.15, -0.1) is 5.92 Å². The molecule has 0 radical (unpaired) electrons. The van der Waals surface area contributed by atoms with Crippen molar-refractivity contribution in [1.29, 1.82) is 0 Å². The lowest BCUT2D eigenvalue weighted by molar-refractivity contribution is -0.136. The Balaban J connectivity index is 2.04. The van der Waals surface area contributed by atoms with E-state index in [0.717, 1.165) is 0 Å². The molecule has 0 aromatic heterocycles. The van der Waals surface area contributed by atoms with E-state index in [-0.39, 0.29) is 34.7 Å². The molecular weight excluding hydrogens is 302 g/mol. The second-order valence-electron chi connectivity index (χ2n) is 5.95. The molecule has 2 saturated carbocycles. The number of alkyl halides is 2. The second kappa shape index (κ2) is 6.11. The fourth-order valence-electron chi connectivity index (χ4n) is 3.61. The van der Waals surface area contributed by atoms with Gasteiger partial charge in [0.15, 0.2) is 11.6 Å². The average Bonchev–Trinajstić information content (AvgIpc) is 2.94. The van der Waals surface area contributed by atoms with Gasteiger partial charge < -0.3 is 4.74 Å². The van der Waals surface area contributed by atoms with E-state index < -0.39 is 12.5 Å². The van der Waals surface area contributed by atoms with Gasteiger partial charge >= 0.3 is 6.61 Å². The monoisotopic (exact) mass is 318 g/mol. The van der Waals surface area contributed by atoms with Crippen LogP contribution in [0.25, 0.3) is 0 Å². The molecule has 1 aromatic carbocycles. The zero-order valence-electron chi connectivity index (χ0n) is 12.6. The minimum atomic E-state index is -3.02. The Morgan fingerprint density at radius 3 is 2.39 bits per heavy atom. The van der Waals surface area contributed by atoms with Crippen LogP contribution in [0.1, 0.15) is 43.2 Å². The summed E-state index contributed by atoms with van der Waals surface area (Å²) in [4.78, 5) is 25.1. The summed E-state index contributed by atoms with van der Waals surface area (Å²) < 4.78 is 30.0. The first-order valence-corrected chi connectivity index (χ1v) is 7.60. The van der Waals surface area contributed by atoms with Gasteiger partial charge in [0.25, 0.3) is 0 Å². The van der Waals surface area contributed by atoms with Crippen molar-refractivity contribution in [2.24, 2.45) is 11.8 Å². The molecule has 0 heterocycles. The summed E-state index contributed by atoms with van der Waals surface area (Å²) in [5.41, 5.74) is 0.740. The third kappa shape index (κ3) is 2.86. The molecule has 2 fully saturated rings. The molecule has 2 aliphatic rings. The molecule has 2 aliphatic carbocycles. The first-order chi connectivity index (χ1) is 11.0. The lowest BCUT2D eigenvalue weighted by Gasteiger charge is -2.26. The molecule has 23 heavy (non-hydrogen) atoms. The van der Waals surface area contributed by atoms with Gasteiger partial charge in [-0.3, -0.25) is 9.59 Å². The van der Waals surface area contributed by atoms with Crippen molar-refractivity contribution in [3.63, 3.8) is 0 Å². The van der Waals surface area contributed by atoms with E-state index in [0.29, 0.717) is 24.8 Å². The zero-order chi connectivity index (χ0) is 16.6. The Morgan fingerprint density at radius 2 is 1.83 bits per heavy atom. The van der Waals surface area contributed by atoms with Crippen LogP contribution in [0, 0.1) is 23.7 Å². The number of carbonyl (C=O) groups is 2. The number of benzene rings is 1. The molecule has 2 bridgehead atoms. The highest BCUT2D eigenvalue weighted by Gasteiger charge is 2.48. The van der Waals surface area contributed by atoms with Crippen molar-refractivity contribution < 1.29 is 23.1 Å². The van der Waals surface area contributed by atoms with Crippen molar-refractivity contribution in [3.8, 4) is 17.6 Å². The van der Waals surface area contributed by atoms with Crippen LogP contribution in [0.5, 0.6) is 5.75 Å². The molecule has 3 rings (SSSR count). The van der Waals surface area contributed by atoms with Crippen molar-refractivity contribution in [2.45, 2.75) is 38.7 Å².